The maximum absolute atomic E-state index is 12.1. The molecule has 2 aromatic rings. The van der Waals surface area contributed by atoms with Gasteiger partial charge in [0.05, 0.1) is 36.7 Å². The van der Waals surface area contributed by atoms with Gasteiger partial charge in [-0.3, -0.25) is 9.78 Å². The monoisotopic (exact) mass is 344 g/mol. The summed E-state index contributed by atoms with van der Waals surface area (Å²) in [4.78, 5) is 16.2. The molecule has 24 heavy (non-hydrogen) atoms. The van der Waals surface area contributed by atoms with E-state index in [2.05, 4.69) is 10.3 Å². The number of hydrogen-bond donors (Lipinski definition) is 1. The Bertz CT molecular complexity index is 860. The highest BCUT2D eigenvalue weighted by Gasteiger charge is 2.21. The standard InChI is InChI=1S/C16H16N4O3S/c1-24(22,23)20(11-15-6-2-3-8-18-15)12-16(21)19-14-7-4-5-13(9-14)10-17/h2-9H,11-12H2,1H3,(H,19,21). The normalized spacial score (nSPS) is 11.0. The first-order chi connectivity index (χ1) is 11.4. The first-order valence-corrected chi connectivity index (χ1v) is 8.88. The Morgan fingerprint density at radius 2 is 2.08 bits per heavy atom. The minimum absolute atomic E-state index is 0.00529. The highest BCUT2D eigenvalue weighted by molar-refractivity contribution is 7.88. The molecule has 7 nitrogen and oxygen atoms in total. The molecule has 0 unspecified atom stereocenters. The number of aromatic nitrogens is 1. The number of rotatable bonds is 6. The number of nitriles is 1. The molecule has 1 N–H and O–H groups in total. The fraction of sp³-hybridized carbons (Fsp3) is 0.188. The Morgan fingerprint density at radius 3 is 2.71 bits per heavy atom. The molecule has 0 atom stereocenters. The highest BCUT2D eigenvalue weighted by atomic mass is 32.2. The zero-order valence-corrected chi connectivity index (χ0v) is 13.8. The van der Waals surface area contributed by atoms with E-state index >= 15 is 0 Å². The number of sulfonamides is 1. The van der Waals surface area contributed by atoms with Crippen molar-refractivity contribution in [3.8, 4) is 6.07 Å². The van der Waals surface area contributed by atoms with Gasteiger partial charge >= 0.3 is 0 Å². The number of anilines is 1. The second kappa shape index (κ2) is 7.68. The third-order valence-electron chi connectivity index (χ3n) is 3.13. The molecule has 1 aromatic carbocycles. The van der Waals surface area contributed by atoms with Crippen LogP contribution in [-0.2, 0) is 21.4 Å². The second-order valence-corrected chi connectivity index (χ2v) is 7.08. The van der Waals surface area contributed by atoms with Crippen LogP contribution in [0, 0.1) is 11.3 Å². The maximum Gasteiger partial charge on any atom is 0.239 e. The van der Waals surface area contributed by atoms with Gasteiger partial charge in [-0.05, 0) is 30.3 Å². The van der Waals surface area contributed by atoms with E-state index in [1.807, 2.05) is 6.07 Å². The van der Waals surface area contributed by atoms with Crippen LogP contribution in [0.5, 0.6) is 0 Å². The van der Waals surface area contributed by atoms with E-state index < -0.39 is 15.9 Å². The second-order valence-electron chi connectivity index (χ2n) is 5.09. The largest absolute Gasteiger partial charge is 0.325 e. The van der Waals surface area contributed by atoms with Crippen LogP contribution in [0.1, 0.15) is 11.3 Å². The molecular formula is C16H16N4O3S. The van der Waals surface area contributed by atoms with E-state index in [0.717, 1.165) is 10.6 Å². The van der Waals surface area contributed by atoms with Crippen molar-refractivity contribution < 1.29 is 13.2 Å². The van der Waals surface area contributed by atoms with Gasteiger partial charge in [0.15, 0.2) is 0 Å². The first kappa shape index (κ1) is 17.6. The van der Waals surface area contributed by atoms with Crippen molar-refractivity contribution in [1.29, 1.82) is 5.26 Å². The van der Waals surface area contributed by atoms with Crippen LogP contribution in [0.3, 0.4) is 0 Å². The molecule has 0 aliphatic heterocycles. The van der Waals surface area contributed by atoms with Crippen molar-refractivity contribution in [2.24, 2.45) is 0 Å². The van der Waals surface area contributed by atoms with Gasteiger partial charge in [0, 0.05) is 11.9 Å². The van der Waals surface area contributed by atoms with Crippen LogP contribution < -0.4 is 5.32 Å². The minimum atomic E-state index is -3.58. The average Bonchev–Trinajstić information content (AvgIpc) is 2.54. The highest BCUT2D eigenvalue weighted by Crippen LogP contribution is 2.11. The van der Waals surface area contributed by atoms with Crippen molar-refractivity contribution in [3.05, 3.63) is 59.9 Å². The maximum atomic E-state index is 12.1. The zero-order valence-electron chi connectivity index (χ0n) is 13.0. The van der Waals surface area contributed by atoms with Gasteiger partial charge in [0.25, 0.3) is 0 Å². The molecule has 1 heterocycles. The van der Waals surface area contributed by atoms with Crippen LogP contribution in [0.4, 0.5) is 5.69 Å². The number of carbonyl (C=O) groups excluding carboxylic acids is 1. The molecular weight excluding hydrogens is 328 g/mol. The van der Waals surface area contributed by atoms with Crippen molar-refractivity contribution >= 4 is 21.6 Å². The van der Waals surface area contributed by atoms with Gasteiger partial charge in [-0.1, -0.05) is 12.1 Å². The van der Waals surface area contributed by atoms with Gasteiger partial charge in [0.2, 0.25) is 15.9 Å². The topological polar surface area (TPSA) is 103 Å². The van der Waals surface area contributed by atoms with Crippen molar-refractivity contribution in [3.63, 3.8) is 0 Å². The van der Waals surface area contributed by atoms with Gasteiger partial charge in [0.1, 0.15) is 0 Å². The smallest absolute Gasteiger partial charge is 0.239 e. The van der Waals surface area contributed by atoms with Crippen LogP contribution >= 0.6 is 0 Å². The quantitative estimate of drug-likeness (QED) is 0.852. The summed E-state index contributed by atoms with van der Waals surface area (Å²) in [5.41, 5.74) is 1.38. The van der Waals surface area contributed by atoms with Crippen molar-refractivity contribution in [1.82, 2.24) is 9.29 Å². The first-order valence-electron chi connectivity index (χ1n) is 7.03. The fourth-order valence-corrected chi connectivity index (χ4v) is 2.71. The summed E-state index contributed by atoms with van der Waals surface area (Å²) < 4.78 is 24.8. The molecule has 1 aromatic heterocycles. The van der Waals surface area contributed by atoms with E-state index in [0.29, 0.717) is 16.9 Å². The molecule has 0 aliphatic rings. The lowest BCUT2D eigenvalue weighted by Gasteiger charge is -2.19. The molecule has 2 rings (SSSR count). The summed E-state index contributed by atoms with van der Waals surface area (Å²) >= 11 is 0. The molecule has 0 radical (unpaired) electrons. The van der Waals surface area contributed by atoms with Gasteiger partial charge in [-0.2, -0.15) is 9.57 Å². The van der Waals surface area contributed by atoms with Gasteiger partial charge < -0.3 is 5.32 Å². The number of hydrogen-bond acceptors (Lipinski definition) is 5. The number of nitrogens with zero attached hydrogens (tertiary/aromatic N) is 3. The minimum Gasteiger partial charge on any atom is -0.325 e. The molecule has 0 spiro atoms. The molecule has 124 valence electrons. The lowest BCUT2D eigenvalue weighted by molar-refractivity contribution is -0.116. The summed E-state index contributed by atoms with van der Waals surface area (Å²) in [6, 6.07) is 13.5. The van der Waals surface area contributed by atoms with Crippen LogP contribution in [0.15, 0.2) is 48.7 Å². The number of nitrogens with one attached hydrogen (secondary N) is 1. The molecule has 0 saturated heterocycles. The molecule has 0 bridgehead atoms. The van der Waals surface area contributed by atoms with E-state index in [1.165, 1.54) is 6.07 Å². The summed E-state index contributed by atoms with van der Waals surface area (Å²) in [6.45, 7) is -0.336. The average molecular weight is 344 g/mol. The van der Waals surface area contributed by atoms with Gasteiger partial charge in [-0.25, -0.2) is 8.42 Å². The summed E-state index contributed by atoms with van der Waals surface area (Å²) in [7, 11) is -3.58. The number of benzene rings is 1. The van der Waals surface area contributed by atoms with Crippen LogP contribution in [0.2, 0.25) is 0 Å². The van der Waals surface area contributed by atoms with E-state index in [9.17, 15) is 13.2 Å². The van der Waals surface area contributed by atoms with Crippen molar-refractivity contribution in [2.75, 3.05) is 18.1 Å². The zero-order chi connectivity index (χ0) is 17.6. The van der Waals surface area contributed by atoms with Crippen molar-refractivity contribution in [2.45, 2.75) is 6.54 Å². The lowest BCUT2D eigenvalue weighted by atomic mass is 10.2. The SMILES string of the molecule is CS(=O)(=O)N(CC(=O)Nc1cccc(C#N)c1)Cc1ccccn1. The Hall–Kier alpha value is -2.76. The molecule has 0 fully saturated rings. The molecule has 8 heteroatoms. The Balaban J connectivity index is 2.09. The summed E-state index contributed by atoms with van der Waals surface area (Å²) in [5, 5.41) is 11.4. The number of amides is 1. The fourth-order valence-electron chi connectivity index (χ4n) is 1.99. The molecule has 1 amide bonds. The summed E-state index contributed by atoms with van der Waals surface area (Å²) in [5.74, 6) is -0.494. The molecule has 0 saturated carbocycles. The summed E-state index contributed by atoms with van der Waals surface area (Å²) in [6.07, 6.45) is 2.60. The van der Waals surface area contributed by atoms with E-state index in [-0.39, 0.29) is 13.1 Å². The number of pyridine rings is 1. The van der Waals surface area contributed by atoms with Gasteiger partial charge in [-0.15, -0.1) is 0 Å². The predicted molar refractivity (Wildman–Crippen MR) is 89.3 cm³/mol. The Labute approximate surface area is 140 Å². The van der Waals surface area contributed by atoms with Crippen LogP contribution in [-0.4, -0.2) is 36.4 Å². The van der Waals surface area contributed by atoms with E-state index in [4.69, 9.17) is 5.26 Å². The van der Waals surface area contributed by atoms with Crippen LogP contribution in [0.25, 0.3) is 0 Å². The third-order valence-corrected chi connectivity index (χ3v) is 4.33. The Kier molecular flexibility index (Phi) is 5.63. The number of carbonyl (C=O) groups is 1. The lowest BCUT2D eigenvalue weighted by Crippen LogP contribution is -2.37. The Morgan fingerprint density at radius 1 is 1.29 bits per heavy atom. The molecule has 0 aliphatic carbocycles. The van der Waals surface area contributed by atoms with E-state index in [1.54, 1.807) is 42.6 Å². The predicted octanol–water partition coefficient (Wildman–Crippen LogP) is 1.35. The third kappa shape index (κ3) is 5.15.